The van der Waals surface area contributed by atoms with Gasteiger partial charge in [-0.05, 0) is 187 Å². The number of aromatic amines is 6. The number of aliphatic hydroxyl groups is 2. The number of aromatic nitrogens is 13. The molecule has 0 radical (unpaired) electrons. The van der Waals surface area contributed by atoms with Gasteiger partial charge in [0.2, 0.25) is 0 Å². The second-order valence-electron chi connectivity index (χ2n) is 22.7. The molecule has 4 aromatic carbocycles. The number of aryl methyl sites for hydroxylation is 8. The van der Waals surface area contributed by atoms with Gasteiger partial charge in [0, 0.05) is 57.2 Å². The van der Waals surface area contributed by atoms with E-state index in [1.54, 1.807) is 60.9 Å². The lowest BCUT2D eigenvalue weighted by molar-refractivity contribution is 0.117. The second-order valence-corrected chi connectivity index (χ2v) is 22.7. The fraction of sp³-hybridized carbons (Fsp3) is 0.188. The van der Waals surface area contributed by atoms with Crippen molar-refractivity contribution in [2.75, 3.05) is 0 Å². The first kappa shape index (κ1) is 57.9. The number of hydrogen-bond donors (Lipinski definition) is 8. The highest BCUT2D eigenvalue weighted by Crippen LogP contribution is 2.47. The fourth-order valence-electron chi connectivity index (χ4n) is 12.3. The molecule has 450 valence electrons. The summed E-state index contributed by atoms with van der Waals surface area (Å²) in [5.74, 6) is 2.68. The third-order valence-corrected chi connectivity index (χ3v) is 16.5. The molecule has 15 rings (SSSR count). The number of hydrogen-bond acceptors (Lipinski definition) is 15. The summed E-state index contributed by atoms with van der Waals surface area (Å²) >= 11 is 0. The van der Waals surface area contributed by atoms with Gasteiger partial charge < -0.3 is 53.7 Å². The number of imidazole rings is 3. The molecule has 0 amide bonds. The molecule has 0 aliphatic heterocycles. The predicted molar refractivity (Wildman–Crippen MR) is 340 cm³/mol. The molecule has 0 bridgehead atoms. The van der Waals surface area contributed by atoms with Gasteiger partial charge in [0.15, 0.2) is 11.2 Å². The number of pyridine rings is 4. The van der Waals surface area contributed by atoms with E-state index in [0.717, 1.165) is 72.8 Å². The molecule has 1 fully saturated rings. The Labute approximate surface area is 512 Å². The van der Waals surface area contributed by atoms with Crippen molar-refractivity contribution in [3.63, 3.8) is 0 Å². The molecule has 14 aromatic rings. The maximum Gasteiger partial charge on any atom is 0.323 e. The highest BCUT2D eigenvalue weighted by atomic mass is 16.5. The van der Waals surface area contributed by atoms with Crippen LogP contribution in [0.5, 0.6) is 0 Å². The van der Waals surface area contributed by atoms with Crippen LogP contribution < -0.4 is 17.1 Å². The Bertz CT molecular complexity index is 5070. The highest BCUT2D eigenvalue weighted by Gasteiger charge is 2.41. The van der Waals surface area contributed by atoms with Gasteiger partial charge in [-0.1, -0.05) is 64.0 Å². The maximum atomic E-state index is 12.4. The van der Waals surface area contributed by atoms with Gasteiger partial charge in [-0.15, -0.1) is 0 Å². The first-order valence-electron chi connectivity index (χ1n) is 29.2. The Hall–Kier alpha value is -11.2. The van der Waals surface area contributed by atoms with Crippen molar-refractivity contribution in [1.82, 2.24) is 65.3 Å². The summed E-state index contributed by atoms with van der Waals surface area (Å²) in [4.78, 5) is 71.8. The monoisotopic (exact) mass is 1200 g/mol. The average Bonchev–Trinajstić information content (AvgIpc) is 1.38. The summed E-state index contributed by atoms with van der Waals surface area (Å²) in [5, 5.41) is 36.8. The molecule has 10 aromatic heterocycles. The van der Waals surface area contributed by atoms with Crippen LogP contribution in [-0.2, 0) is 11.2 Å². The van der Waals surface area contributed by atoms with Crippen LogP contribution in [0.25, 0.3) is 77.6 Å². The van der Waals surface area contributed by atoms with E-state index < -0.39 is 11.2 Å². The first-order valence-corrected chi connectivity index (χ1v) is 29.2. The number of nitrogens with one attached hydrogen (secondary N) is 6. The van der Waals surface area contributed by atoms with Crippen molar-refractivity contribution >= 4 is 33.1 Å². The molecule has 0 unspecified atom stereocenters. The van der Waals surface area contributed by atoms with Crippen LogP contribution in [0.2, 0.25) is 0 Å². The lowest BCUT2D eigenvalue weighted by atomic mass is 9.83. The SMILES string of the molecule is Cc1cccc(C(O)(c2cccc(C)n2)c2cc(-c3c(C)noc3C)cc3[nH]c(=O)[nH]c23)n1.Cc1noc(C)c1-c1cc(-c2ccccc2C2CC2)c2[nH]c(=O)[nH]c2c1.Cc1noc(C)c1-c1cc(C(O)(c2ccccn2)c2ccccn2)c2[nH]c(=O)[nH]c2c1. The van der Waals surface area contributed by atoms with Crippen LogP contribution in [0.15, 0.2) is 174 Å². The zero-order valence-electron chi connectivity index (χ0n) is 50.3. The number of H-pyrrole nitrogens is 6. The molecule has 10 heterocycles. The summed E-state index contributed by atoms with van der Waals surface area (Å²) < 4.78 is 16.1. The predicted octanol–water partition coefficient (Wildman–Crippen LogP) is 11.7. The van der Waals surface area contributed by atoms with E-state index in [1.807, 2.05) is 110 Å². The van der Waals surface area contributed by atoms with Gasteiger partial charge >= 0.3 is 17.1 Å². The van der Waals surface area contributed by atoms with Crippen molar-refractivity contribution in [3.8, 4) is 44.5 Å². The second kappa shape index (κ2) is 22.8. The van der Waals surface area contributed by atoms with Gasteiger partial charge in [0.05, 0.1) is 73.0 Å². The summed E-state index contributed by atoms with van der Waals surface area (Å²) in [7, 11) is 0. The quantitative estimate of drug-likeness (QED) is 0.0597. The fourth-order valence-corrected chi connectivity index (χ4v) is 12.3. The summed E-state index contributed by atoms with van der Waals surface area (Å²) in [6.45, 7) is 14.9. The summed E-state index contributed by atoms with van der Waals surface area (Å²) in [6.07, 6.45) is 5.68. The number of benzene rings is 4. The van der Waals surface area contributed by atoms with Crippen LogP contribution in [0.3, 0.4) is 0 Å². The van der Waals surface area contributed by atoms with Gasteiger partial charge in [-0.25, -0.2) is 14.4 Å². The Morgan fingerprint density at radius 1 is 0.422 bits per heavy atom. The average molecular weight is 1200 g/mol. The van der Waals surface area contributed by atoms with Crippen molar-refractivity contribution in [2.24, 2.45) is 0 Å². The van der Waals surface area contributed by atoms with Crippen LogP contribution in [0.4, 0.5) is 0 Å². The van der Waals surface area contributed by atoms with E-state index in [0.29, 0.717) is 84.8 Å². The summed E-state index contributed by atoms with van der Waals surface area (Å²) in [6, 6.07) is 41.5. The third-order valence-electron chi connectivity index (χ3n) is 16.5. The molecular formula is C69H61N13O8. The summed E-state index contributed by atoms with van der Waals surface area (Å²) in [5.41, 5.74) is 14.2. The number of nitrogens with zero attached hydrogens (tertiary/aromatic N) is 7. The smallest absolute Gasteiger partial charge is 0.323 e. The number of rotatable bonds is 11. The van der Waals surface area contributed by atoms with Crippen LogP contribution in [0, 0.1) is 55.4 Å². The largest absolute Gasteiger partial charge is 0.373 e. The minimum absolute atomic E-state index is 0.193. The normalized spacial score (nSPS) is 12.6. The molecule has 1 saturated carbocycles. The van der Waals surface area contributed by atoms with Crippen molar-refractivity contribution < 1.29 is 23.8 Å². The molecule has 0 saturated heterocycles. The van der Waals surface area contributed by atoms with E-state index in [9.17, 15) is 24.6 Å². The Kier molecular flexibility index (Phi) is 14.7. The van der Waals surface area contributed by atoms with E-state index in [1.165, 1.54) is 24.0 Å². The Balaban J connectivity index is 0.000000125. The van der Waals surface area contributed by atoms with E-state index in [4.69, 9.17) is 13.6 Å². The Morgan fingerprint density at radius 3 is 1.21 bits per heavy atom. The van der Waals surface area contributed by atoms with E-state index in [-0.39, 0.29) is 17.1 Å². The topological polar surface area (TPSA) is 316 Å². The third kappa shape index (κ3) is 10.4. The minimum atomic E-state index is -1.74. The lowest BCUT2D eigenvalue weighted by Crippen LogP contribution is -2.32. The van der Waals surface area contributed by atoms with Gasteiger partial charge in [-0.2, -0.15) is 0 Å². The van der Waals surface area contributed by atoms with Crippen LogP contribution in [0.1, 0.15) is 104 Å². The van der Waals surface area contributed by atoms with Gasteiger partial charge in [0.25, 0.3) is 0 Å². The molecule has 0 spiro atoms. The first-order chi connectivity index (χ1) is 43.4. The lowest BCUT2D eigenvalue weighted by Gasteiger charge is -2.29. The number of fused-ring (bicyclic) bond motifs is 3. The molecule has 0 atom stereocenters. The maximum absolute atomic E-state index is 12.4. The molecule has 1 aliphatic rings. The molecule has 90 heavy (non-hydrogen) atoms. The van der Waals surface area contributed by atoms with Crippen LogP contribution >= 0.6 is 0 Å². The highest BCUT2D eigenvalue weighted by molar-refractivity contribution is 5.97. The Morgan fingerprint density at radius 2 is 0.811 bits per heavy atom. The standard InChI is InChI=1S/C25H23N5O3.C23H19N5O3.C21H19N3O2/c1-13-7-5-9-20(26-13)25(32,21-10-6-8-14(2)27-21)18-11-17(22-15(3)30-33-16(22)4)12-19-23(18)29-24(31)28-19;1-13-20(14(2)31-28-13)15-11-16(21-17(12-15)26-22(29)27-21)23(30,18-7-3-5-9-24-18)19-8-4-6-10-25-19;1-11-19(12(2)26-24-11)14-9-17(20-18(10-14)22-21(25)23-20)16-6-4-3-5-15(16)13-7-8-13/h5-12,32H,1-4H3,(H2,28,29,31);3-12,30H,1-2H3,(H2,26,27,29);3-6,9-10,13H,7-8H2,1-2H3,(H2,22,23,25). The minimum Gasteiger partial charge on any atom is -0.373 e. The molecule has 21 heteroatoms. The van der Waals surface area contributed by atoms with Crippen LogP contribution in [-0.4, -0.2) is 75.5 Å². The zero-order valence-corrected chi connectivity index (χ0v) is 50.3. The zero-order chi connectivity index (χ0) is 62.8. The molecular weight excluding hydrogens is 1140 g/mol. The van der Waals surface area contributed by atoms with E-state index >= 15 is 0 Å². The van der Waals surface area contributed by atoms with Crippen molar-refractivity contribution in [3.05, 3.63) is 263 Å². The molecule has 1 aliphatic carbocycles. The van der Waals surface area contributed by atoms with Crippen molar-refractivity contribution in [2.45, 2.75) is 85.4 Å². The molecule has 8 N–H and O–H groups in total. The van der Waals surface area contributed by atoms with Gasteiger partial charge in [0.1, 0.15) is 17.3 Å². The van der Waals surface area contributed by atoms with Gasteiger partial charge in [-0.3, -0.25) is 19.9 Å². The molecule has 21 nitrogen and oxygen atoms in total. The van der Waals surface area contributed by atoms with Crippen molar-refractivity contribution in [1.29, 1.82) is 0 Å². The van der Waals surface area contributed by atoms with E-state index in [2.05, 4.69) is 95.6 Å².